The first-order valence-electron chi connectivity index (χ1n) is 13.8. The van der Waals surface area contributed by atoms with Crippen molar-refractivity contribution in [3.05, 3.63) is 53.7 Å². The number of nitriles is 1. The molecule has 0 bridgehead atoms. The van der Waals surface area contributed by atoms with Crippen molar-refractivity contribution >= 4 is 16.0 Å². The molecule has 3 heterocycles. The van der Waals surface area contributed by atoms with Gasteiger partial charge in [-0.15, -0.1) is 0 Å². The van der Waals surface area contributed by atoms with E-state index >= 15 is 0 Å². The lowest BCUT2D eigenvalue weighted by atomic mass is 9.54. The van der Waals surface area contributed by atoms with Gasteiger partial charge in [-0.3, -0.25) is 4.90 Å². The summed E-state index contributed by atoms with van der Waals surface area (Å²) in [7, 11) is -0.902. The average Bonchev–Trinajstić information content (AvgIpc) is 2.91. The summed E-state index contributed by atoms with van der Waals surface area (Å²) in [4.78, 5) is 4.44. The molecule has 5 rings (SSSR count). The summed E-state index contributed by atoms with van der Waals surface area (Å²) in [5, 5.41) is 13.5. The second kappa shape index (κ2) is 10.8. The zero-order valence-corrected chi connectivity index (χ0v) is 23.8. The van der Waals surface area contributed by atoms with Crippen LogP contribution >= 0.6 is 0 Å². The molecule has 1 aromatic carbocycles. The van der Waals surface area contributed by atoms with E-state index in [0.717, 1.165) is 44.5 Å². The monoisotopic (exact) mass is 540 g/mol. The van der Waals surface area contributed by atoms with Crippen LogP contribution in [-0.4, -0.2) is 89.6 Å². The van der Waals surface area contributed by atoms with Gasteiger partial charge in [0.25, 0.3) is 0 Å². The molecular weight excluding hydrogens is 498 g/mol. The summed E-state index contributed by atoms with van der Waals surface area (Å²) in [6.45, 7) is 9.42. The number of piperidine rings is 1. The molecule has 38 heavy (non-hydrogen) atoms. The molecule has 0 radical (unpaired) electrons. The molecular formula is C29H42N5O3S+. The zero-order chi connectivity index (χ0) is 27.0. The van der Waals surface area contributed by atoms with Crippen LogP contribution in [0.15, 0.2) is 42.6 Å². The Kier molecular flexibility index (Phi) is 7.84. The summed E-state index contributed by atoms with van der Waals surface area (Å²) < 4.78 is 30.8. The Bertz CT molecular complexity index is 1170. The van der Waals surface area contributed by atoms with Crippen LogP contribution in [0.2, 0.25) is 0 Å². The van der Waals surface area contributed by atoms with Gasteiger partial charge in [-0.05, 0) is 58.4 Å². The SMILES string of the molecule is CN1C=CC2(C)CC(c3cccc(C#N)c3)=CC(NC3CCN(C[S+](=O)(O)N4CCOCC4)CC3)C2(C)C1. The molecule has 0 spiro atoms. The maximum Gasteiger partial charge on any atom is 0.306 e. The third kappa shape index (κ3) is 5.48. The molecule has 9 heteroatoms. The van der Waals surface area contributed by atoms with Gasteiger partial charge in [-0.25, -0.2) is 0 Å². The standard InChI is InChI=1S/C29H41N5O3S/c1-28-9-12-32(3)21-29(28,2)27(18-25(19-28)24-6-4-5-23(17-24)20-30)31-26-7-10-33(11-8-26)22-38(35,36)34-13-15-37-16-14-34/h4-6,9,12,17-18,26-27,31H,7-8,10-11,13-16,19,21-22H2,1-3H3/p+1. The van der Waals surface area contributed by atoms with Crippen LogP contribution in [0.25, 0.3) is 5.57 Å². The van der Waals surface area contributed by atoms with Gasteiger partial charge in [0, 0.05) is 44.2 Å². The Morgan fingerprint density at radius 2 is 1.95 bits per heavy atom. The highest BCUT2D eigenvalue weighted by Crippen LogP contribution is 2.55. The molecule has 8 nitrogen and oxygen atoms in total. The lowest BCUT2D eigenvalue weighted by molar-refractivity contribution is 0.0324. The van der Waals surface area contributed by atoms with Crippen molar-refractivity contribution in [2.24, 2.45) is 10.8 Å². The largest absolute Gasteiger partial charge is 0.380 e. The molecule has 2 fully saturated rings. The number of hydrogen-bond acceptors (Lipinski definition) is 6. The Balaban J connectivity index is 1.31. The van der Waals surface area contributed by atoms with Gasteiger partial charge in [0.1, 0.15) is 0 Å². The van der Waals surface area contributed by atoms with E-state index in [1.165, 1.54) is 5.57 Å². The predicted molar refractivity (Wildman–Crippen MR) is 151 cm³/mol. The van der Waals surface area contributed by atoms with E-state index in [9.17, 15) is 14.0 Å². The lowest BCUT2D eigenvalue weighted by Gasteiger charge is -2.57. The first kappa shape index (κ1) is 27.5. The highest BCUT2D eigenvalue weighted by atomic mass is 32.3. The molecule has 0 amide bonds. The van der Waals surface area contributed by atoms with Crippen LogP contribution in [0.5, 0.6) is 0 Å². The highest BCUT2D eigenvalue weighted by molar-refractivity contribution is 7.95. The number of nitrogens with zero attached hydrogens (tertiary/aromatic N) is 4. The van der Waals surface area contributed by atoms with E-state index < -0.39 is 10.4 Å². The summed E-state index contributed by atoms with van der Waals surface area (Å²) in [5.74, 6) is 0.202. The normalized spacial score (nSPS) is 32.8. The van der Waals surface area contributed by atoms with Gasteiger partial charge in [-0.2, -0.15) is 9.81 Å². The summed E-state index contributed by atoms with van der Waals surface area (Å²) in [5.41, 5.74) is 3.08. The van der Waals surface area contributed by atoms with Crippen molar-refractivity contribution in [2.45, 2.75) is 45.2 Å². The molecule has 0 saturated carbocycles. The molecule has 1 aliphatic carbocycles. The van der Waals surface area contributed by atoms with Crippen LogP contribution in [0, 0.1) is 22.2 Å². The van der Waals surface area contributed by atoms with E-state index in [1.807, 2.05) is 18.2 Å². The Labute approximate surface area is 228 Å². The van der Waals surface area contributed by atoms with Crippen molar-refractivity contribution in [3.63, 3.8) is 0 Å². The minimum Gasteiger partial charge on any atom is -0.380 e. The maximum absolute atomic E-state index is 13.0. The van der Waals surface area contributed by atoms with Crippen molar-refractivity contribution < 1.29 is 13.5 Å². The molecule has 3 aliphatic heterocycles. The van der Waals surface area contributed by atoms with Crippen LogP contribution < -0.4 is 5.32 Å². The number of fused-ring (bicyclic) bond motifs is 1. The molecule has 206 valence electrons. The third-order valence-electron chi connectivity index (χ3n) is 9.28. The van der Waals surface area contributed by atoms with E-state index in [2.05, 4.69) is 66.5 Å². The fourth-order valence-corrected chi connectivity index (χ4v) is 8.26. The van der Waals surface area contributed by atoms with Gasteiger partial charge < -0.3 is 15.0 Å². The number of rotatable bonds is 6. The molecule has 1 aromatic rings. The van der Waals surface area contributed by atoms with Crippen molar-refractivity contribution in [2.75, 3.05) is 58.9 Å². The lowest BCUT2D eigenvalue weighted by Crippen LogP contribution is -2.61. The number of hydrogen-bond donors (Lipinski definition) is 2. The van der Waals surface area contributed by atoms with Crippen LogP contribution in [0.3, 0.4) is 0 Å². The molecule has 2 saturated heterocycles. The van der Waals surface area contributed by atoms with Crippen LogP contribution in [0.1, 0.15) is 44.2 Å². The fourth-order valence-electron chi connectivity index (χ4n) is 6.64. The topological polar surface area (TPSA) is 92.1 Å². The Hall–Kier alpha value is -2.06. The Morgan fingerprint density at radius 1 is 1.21 bits per heavy atom. The Morgan fingerprint density at radius 3 is 2.66 bits per heavy atom. The maximum atomic E-state index is 13.0. The van der Waals surface area contributed by atoms with E-state index in [4.69, 9.17) is 4.74 Å². The molecule has 2 N–H and O–H groups in total. The molecule has 4 aliphatic rings. The third-order valence-corrected chi connectivity index (χ3v) is 11.2. The van der Waals surface area contributed by atoms with E-state index in [-0.39, 0.29) is 22.7 Å². The second-order valence-electron chi connectivity index (χ2n) is 11.9. The molecule has 4 atom stereocenters. The van der Waals surface area contributed by atoms with Crippen molar-refractivity contribution in [3.8, 4) is 6.07 Å². The van der Waals surface area contributed by atoms with Crippen molar-refractivity contribution in [1.29, 1.82) is 5.26 Å². The quantitative estimate of drug-likeness (QED) is 0.534. The zero-order valence-electron chi connectivity index (χ0n) is 22.9. The van der Waals surface area contributed by atoms with Crippen LogP contribution in [0.4, 0.5) is 0 Å². The molecule has 0 aromatic heterocycles. The van der Waals surface area contributed by atoms with E-state index in [0.29, 0.717) is 37.9 Å². The van der Waals surface area contributed by atoms with Gasteiger partial charge in [0.05, 0.1) is 37.9 Å². The van der Waals surface area contributed by atoms with Gasteiger partial charge in [-0.1, -0.05) is 42.4 Å². The number of ether oxygens (including phenoxy) is 1. The number of benzene rings is 1. The number of likely N-dealkylation sites (tertiary alicyclic amines) is 1. The van der Waals surface area contributed by atoms with Crippen LogP contribution in [-0.2, 0) is 19.3 Å². The average molecular weight is 541 g/mol. The minimum absolute atomic E-state index is 0.000272. The predicted octanol–water partition coefficient (Wildman–Crippen LogP) is 3.42. The van der Waals surface area contributed by atoms with Gasteiger partial charge in [0.15, 0.2) is 0 Å². The summed E-state index contributed by atoms with van der Waals surface area (Å²) >= 11 is 0. The summed E-state index contributed by atoms with van der Waals surface area (Å²) in [6.07, 6.45) is 9.83. The molecule has 4 unspecified atom stereocenters. The second-order valence-corrected chi connectivity index (χ2v) is 13.9. The van der Waals surface area contributed by atoms with Gasteiger partial charge in [0.2, 0.25) is 5.88 Å². The number of allylic oxidation sites excluding steroid dienone is 2. The fraction of sp³-hybridized carbons (Fsp3) is 0.621. The smallest absolute Gasteiger partial charge is 0.306 e. The van der Waals surface area contributed by atoms with E-state index in [1.54, 1.807) is 4.31 Å². The number of morpholine rings is 1. The number of nitrogens with one attached hydrogen (secondary N) is 1. The first-order valence-corrected chi connectivity index (χ1v) is 15.4. The summed E-state index contributed by atoms with van der Waals surface area (Å²) in [6, 6.07) is 10.8. The van der Waals surface area contributed by atoms with Gasteiger partial charge >= 0.3 is 10.4 Å². The minimum atomic E-state index is -3.05. The highest BCUT2D eigenvalue weighted by Gasteiger charge is 2.53. The van der Waals surface area contributed by atoms with Crippen molar-refractivity contribution in [1.82, 2.24) is 19.4 Å². The first-order chi connectivity index (χ1) is 18.1.